The molecule has 2 nitrogen and oxygen atoms in total. The average Bonchev–Trinajstić information content (AvgIpc) is 3.29. The fraction of sp³-hybridized carbons (Fsp3) is 0.161. The summed E-state index contributed by atoms with van der Waals surface area (Å²) in [5.74, 6) is 0. The molecule has 0 aromatic heterocycles. The first-order valence-corrected chi connectivity index (χ1v) is 22.7. The van der Waals surface area contributed by atoms with Crippen molar-refractivity contribution in [2.75, 3.05) is 9.80 Å². The van der Waals surface area contributed by atoms with Crippen molar-refractivity contribution in [1.82, 2.24) is 0 Å². The number of nitrogens with zero attached hydrogens (tertiary/aromatic N) is 2. The van der Waals surface area contributed by atoms with Crippen molar-refractivity contribution in [3.05, 3.63) is 215 Å². The maximum atomic E-state index is 2.56. The first-order valence-electron chi connectivity index (χ1n) is 22.7. The van der Waals surface area contributed by atoms with Crippen molar-refractivity contribution >= 4 is 66.4 Å². The fourth-order valence-electron chi connectivity index (χ4n) is 9.70. The van der Waals surface area contributed by atoms with Crippen LogP contribution in [0.4, 0.5) is 34.1 Å². The maximum Gasteiger partial charge on any atom is 0.0561 e. The minimum absolute atomic E-state index is 0.00234. The minimum Gasteiger partial charge on any atom is -0.309 e. The maximum absolute atomic E-state index is 2.56. The zero-order chi connectivity index (χ0) is 44.4. The van der Waals surface area contributed by atoms with Crippen molar-refractivity contribution in [3.63, 3.8) is 0 Å². The molecule has 0 N–H and O–H groups in total. The molecule has 0 radical (unpaired) electrons. The van der Waals surface area contributed by atoms with Crippen molar-refractivity contribution < 1.29 is 0 Å². The van der Waals surface area contributed by atoms with Crippen LogP contribution in [0.3, 0.4) is 0 Å². The smallest absolute Gasteiger partial charge is 0.0561 e. The Labute approximate surface area is 379 Å². The second-order valence-electron chi connectivity index (χ2n) is 19.0. The molecule has 0 atom stereocenters. The molecule has 0 bridgehead atoms. The lowest BCUT2D eigenvalue weighted by atomic mass is 9.83. The van der Waals surface area contributed by atoms with Gasteiger partial charge in [0.05, 0.1) is 11.4 Å². The van der Waals surface area contributed by atoms with Gasteiger partial charge in [0.2, 0.25) is 0 Å². The Morgan fingerprint density at radius 1 is 0.312 bits per heavy atom. The Morgan fingerprint density at radius 3 is 1.11 bits per heavy atom. The highest BCUT2D eigenvalue weighted by Gasteiger charge is 2.28. The highest BCUT2D eigenvalue weighted by Crippen LogP contribution is 2.53. The molecule has 0 aliphatic rings. The molecule has 10 aromatic rings. The third-order valence-electron chi connectivity index (χ3n) is 13.3. The zero-order valence-electron chi connectivity index (χ0n) is 38.6. The normalized spacial score (nSPS) is 11.8. The largest absolute Gasteiger partial charge is 0.309 e. The summed E-state index contributed by atoms with van der Waals surface area (Å²) in [6.45, 7) is 20.4. The molecule has 0 aliphatic heterocycles. The lowest BCUT2D eigenvalue weighted by Gasteiger charge is -2.35. The van der Waals surface area contributed by atoms with Crippen LogP contribution in [-0.4, -0.2) is 0 Å². The molecule has 0 saturated carbocycles. The van der Waals surface area contributed by atoms with E-state index in [1.807, 2.05) is 0 Å². The molecule has 0 heterocycles. The van der Waals surface area contributed by atoms with E-state index in [2.05, 4.69) is 248 Å². The number of benzene rings is 10. The van der Waals surface area contributed by atoms with Gasteiger partial charge in [-0.05, 0) is 155 Å². The number of rotatable bonds is 8. The number of hydrogen-bond acceptors (Lipinski definition) is 2. The van der Waals surface area contributed by atoms with Crippen LogP contribution in [0.25, 0.3) is 54.6 Å². The second-order valence-corrected chi connectivity index (χ2v) is 19.0. The lowest BCUT2D eigenvalue weighted by molar-refractivity contribution is 0.591. The van der Waals surface area contributed by atoms with Crippen LogP contribution in [0.1, 0.15) is 59.7 Å². The summed E-state index contributed by atoms with van der Waals surface area (Å²) < 4.78 is 0. The molecular formula is C62H56N2. The van der Waals surface area contributed by atoms with Crippen LogP contribution in [-0.2, 0) is 5.41 Å². The quantitative estimate of drug-likeness (QED) is 0.141. The molecule has 314 valence electrons. The van der Waals surface area contributed by atoms with E-state index >= 15 is 0 Å². The van der Waals surface area contributed by atoms with Crippen LogP contribution in [0, 0.1) is 41.5 Å². The molecule has 0 unspecified atom stereocenters. The van der Waals surface area contributed by atoms with E-state index in [1.54, 1.807) is 0 Å². The number of aryl methyl sites for hydroxylation is 6. The van der Waals surface area contributed by atoms with Crippen LogP contribution in [0.15, 0.2) is 176 Å². The summed E-state index contributed by atoms with van der Waals surface area (Å²) in [4.78, 5) is 5.13. The van der Waals surface area contributed by atoms with Crippen LogP contribution in [0.2, 0.25) is 0 Å². The second kappa shape index (κ2) is 15.9. The topological polar surface area (TPSA) is 6.48 Å². The van der Waals surface area contributed by atoms with Gasteiger partial charge in [-0.25, -0.2) is 0 Å². The summed E-state index contributed by atoms with van der Waals surface area (Å²) >= 11 is 0. The number of hydrogen-bond donors (Lipinski definition) is 0. The summed E-state index contributed by atoms with van der Waals surface area (Å²) in [5.41, 5.74) is 20.4. The van der Waals surface area contributed by atoms with E-state index in [4.69, 9.17) is 0 Å². The van der Waals surface area contributed by atoms with E-state index in [-0.39, 0.29) is 5.41 Å². The molecule has 10 aromatic carbocycles. The van der Waals surface area contributed by atoms with Crippen molar-refractivity contribution in [3.8, 4) is 22.3 Å². The van der Waals surface area contributed by atoms with Gasteiger partial charge in [-0.15, -0.1) is 0 Å². The summed E-state index contributed by atoms with van der Waals surface area (Å²) in [6, 6.07) is 66.1. The molecule has 0 spiro atoms. The molecule has 64 heavy (non-hydrogen) atoms. The van der Waals surface area contributed by atoms with Gasteiger partial charge in [0.25, 0.3) is 0 Å². The summed E-state index contributed by atoms with van der Waals surface area (Å²) in [5, 5.41) is 7.57. The Balaban J connectivity index is 1.38. The first-order chi connectivity index (χ1) is 30.8. The highest BCUT2D eigenvalue weighted by molar-refractivity contribution is 6.29. The summed E-state index contributed by atoms with van der Waals surface area (Å²) in [6.07, 6.45) is 0. The molecule has 0 fully saturated rings. The SMILES string of the molecule is Cc1ccc(C)c(N(c2cc(-c3ccccc3)ccc2C)c2cc(N(c3cc(C)ccc3C)c3cc(-c4ccccc4)ccc3C)c3ccc4cc(C(C)(C)C)cc5ccc2c3c54)c1. The minimum atomic E-state index is 0.00234. The van der Waals surface area contributed by atoms with Crippen LogP contribution < -0.4 is 9.80 Å². The molecule has 10 rings (SSSR count). The average molecular weight is 829 g/mol. The standard InChI is InChI=1S/C62H56N2/c1-39-20-22-41(3)54(32-39)63(56-36-47(26-24-43(56)5)45-16-12-10-13-17-45)58-38-59(53-31-29-50-35-51(62(7,8)9)34-49-28-30-52(58)61(53)60(49)50)64(55-33-40(2)21-23-42(55)4)57-37-48(27-25-44(57)6)46-18-14-11-15-19-46/h10-38H,1-9H3. The van der Waals surface area contributed by atoms with E-state index in [0.29, 0.717) is 0 Å². The molecule has 0 saturated heterocycles. The van der Waals surface area contributed by atoms with Gasteiger partial charge >= 0.3 is 0 Å². The Bertz CT molecular complexity index is 3160. The third-order valence-corrected chi connectivity index (χ3v) is 13.3. The van der Waals surface area contributed by atoms with E-state index in [0.717, 1.165) is 22.7 Å². The first kappa shape index (κ1) is 40.9. The summed E-state index contributed by atoms with van der Waals surface area (Å²) in [7, 11) is 0. The Hall–Kier alpha value is -7.16. The molecule has 0 amide bonds. The van der Waals surface area contributed by atoms with Gasteiger partial charge in [-0.1, -0.05) is 166 Å². The lowest BCUT2D eigenvalue weighted by Crippen LogP contribution is -2.17. The van der Waals surface area contributed by atoms with Crippen LogP contribution in [0.5, 0.6) is 0 Å². The predicted molar refractivity (Wildman–Crippen MR) is 278 cm³/mol. The van der Waals surface area contributed by atoms with Crippen molar-refractivity contribution in [2.24, 2.45) is 0 Å². The fourth-order valence-corrected chi connectivity index (χ4v) is 9.70. The number of anilines is 6. The highest BCUT2D eigenvalue weighted by atomic mass is 15.2. The predicted octanol–water partition coefficient (Wildman–Crippen LogP) is 18.0. The van der Waals surface area contributed by atoms with Gasteiger partial charge in [0.1, 0.15) is 0 Å². The monoisotopic (exact) mass is 828 g/mol. The van der Waals surface area contributed by atoms with Gasteiger partial charge < -0.3 is 9.80 Å². The molecule has 2 heteroatoms. The molecular weight excluding hydrogens is 773 g/mol. The zero-order valence-corrected chi connectivity index (χ0v) is 38.6. The molecule has 0 aliphatic carbocycles. The van der Waals surface area contributed by atoms with Crippen LogP contribution >= 0.6 is 0 Å². The van der Waals surface area contributed by atoms with Crippen molar-refractivity contribution in [1.29, 1.82) is 0 Å². The van der Waals surface area contributed by atoms with E-state index < -0.39 is 0 Å². The Morgan fingerprint density at radius 2 is 0.703 bits per heavy atom. The van der Waals surface area contributed by atoms with Gasteiger partial charge in [0.15, 0.2) is 0 Å². The Kier molecular flexibility index (Phi) is 10.1. The van der Waals surface area contributed by atoms with E-state index in [9.17, 15) is 0 Å². The third kappa shape index (κ3) is 7.18. The van der Waals surface area contributed by atoms with Gasteiger partial charge in [-0.3, -0.25) is 0 Å². The van der Waals surface area contributed by atoms with Crippen molar-refractivity contribution in [2.45, 2.75) is 67.7 Å². The van der Waals surface area contributed by atoms with E-state index in [1.165, 1.54) is 105 Å². The van der Waals surface area contributed by atoms with Gasteiger partial charge in [-0.2, -0.15) is 0 Å². The van der Waals surface area contributed by atoms with Gasteiger partial charge in [0, 0.05) is 38.9 Å².